The molecule has 0 spiro atoms. The Labute approximate surface area is 176 Å². The van der Waals surface area contributed by atoms with Gasteiger partial charge in [0, 0.05) is 37.0 Å². The summed E-state index contributed by atoms with van der Waals surface area (Å²) in [6.07, 6.45) is 4.43. The predicted molar refractivity (Wildman–Crippen MR) is 114 cm³/mol. The van der Waals surface area contributed by atoms with Crippen LogP contribution in [-0.4, -0.2) is 59.3 Å². The third kappa shape index (κ3) is 4.29. The van der Waals surface area contributed by atoms with E-state index in [0.29, 0.717) is 16.0 Å². The van der Waals surface area contributed by atoms with Crippen molar-refractivity contribution in [1.29, 1.82) is 0 Å². The molecule has 0 aliphatic carbocycles. The normalized spacial score (nSPS) is 21.4. The van der Waals surface area contributed by atoms with E-state index < -0.39 is 0 Å². The number of nitrogens with one attached hydrogen (secondary N) is 2. The lowest BCUT2D eigenvalue weighted by Gasteiger charge is -2.40. The van der Waals surface area contributed by atoms with Crippen LogP contribution in [0.2, 0.25) is 10.0 Å². The summed E-state index contributed by atoms with van der Waals surface area (Å²) in [6, 6.07) is 3.67. The lowest BCUT2D eigenvalue weighted by Crippen LogP contribution is -2.52. The van der Waals surface area contributed by atoms with Gasteiger partial charge >= 0.3 is 6.03 Å². The van der Waals surface area contributed by atoms with E-state index in [1.165, 1.54) is 0 Å². The molecule has 1 fully saturated rings. The van der Waals surface area contributed by atoms with Gasteiger partial charge in [-0.2, -0.15) is 5.10 Å². The number of likely N-dealkylation sites (tertiary alicyclic amines) is 1. The van der Waals surface area contributed by atoms with Gasteiger partial charge in [-0.1, -0.05) is 42.3 Å². The van der Waals surface area contributed by atoms with E-state index >= 15 is 0 Å². The van der Waals surface area contributed by atoms with Crippen molar-refractivity contribution >= 4 is 29.2 Å². The Hall–Kier alpha value is -1.76. The lowest BCUT2D eigenvalue weighted by atomic mass is 9.93. The van der Waals surface area contributed by atoms with Crippen molar-refractivity contribution in [3.8, 4) is 11.1 Å². The number of urea groups is 1. The minimum Gasteiger partial charge on any atom is -0.331 e. The summed E-state index contributed by atoms with van der Waals surface area (Å²) < 4.78 is 0. The summed E-state index contributed by atoms with van der Waals surface area (Å²) in [6.45, 7) is 6.10. The average Bonchev–Trinajstić information content (AvgIpc) is 3.17. The molecule has 2 amide bonds. The Morgan fingerprint density at radius 3 is 2.79 bits per heavy atom. The van der Waals surface area contributed by atoms with Crippen LogP contribution in [0.3, 0.4) is 0 Å². The molecule has 2 aromatic rings. The van der Waals surface area contributed by atoms with E-state index in [1.807, 2.05) is 31.0 Å². The highest BCUT2D eigenvalue weighted by atomic mass is 35.5. The fraction of sp³-hybridized carbons (Fsp3) is 0.500. The van der Waals surface area contributed by atoms with E-state index in [2.05, 4.69) is 34.4 Å². The zero-order valence-electron chi connectivity index (χ0n) is 16.7. The quantitative estimate of drug-likeness (QED) is 0.764. The molecule has 0 radical (unpaired) electrons. The topological polar surface area (TPSA) is 64.3 Å². The number of nitrogens with zero attached hydrogens (tertiary/aromatic N) is 3. The van der Waals surface area contributed by atoms with Crippen molar-refractivity contribution in [3.63, 3.8) is 0 Å². The first kappa shape index (κ1) is 21.0. The van der Waals surface area contributed by atoms with E-state index in [1.54, 1.807) is 12.4 Å². The van der Waals surface area contributed by atoms with Gasteiger partial charge in [-0.05, 0) is 38.4 Å². The van der Waals surface area contributed by atoms with Crippen LogP contribution in [0.25, 0.3) is 11.1 Å². The number of hydrogen-bond donors (Lipinski definition) is 2. The van der Waals surface area contributed by atoms with E-state index in [-0.39, 0.29) is 18.1 Å². The Morgan fingerprint density at radius 2 is 2.14 bits per heavy atom. The van der Waals surface area contributed by atoms with E-state index in [4.69, 9.17) is 23.2 Å². The van der Waals surface area contributed by atoms with Crippen LogP contribution >= 0.6 is 23.2 Å². The molecule has 1 aliphatic heterocycles. The summed E-state index contributed by atoms with van der Waals surface area (Å²) in [5.74, 6) is 0.428. The van der Waals surface area contributed by atoms with Gasteiger partial charge in [0.05, 0.1) is 22.3 Å². The highest BCUT2D eigenvalue weighted by Gasteiger charge is 2.30. The number of benzene rings is 1. The van der Waals surface area contributed by atoms with Gasteiger partial charge in [-0.3, -0.25) is 5.10 Å². The van der Waals surface area contributed by atoms with Gasteiger partial charge < -0.3 is 15.1 Å². The van der Waals surface area contributed by atoms with Gasteiger partial charge in [-0.15, -0.1) is 0 Å². The molecule has 28 heavy (non-hydrogen) atoms. The second-order valence-corrected chi connectivity index (χ2v) is 8.45. The van der Waals surface area contributed by atoms with Crippen LogP contribution in [0.4, 0.5) is 4.79 Å². The molecular formula is C20H27Cl2N5O. The van der Waals surface area contributed by atoms with Crippen molar-refractivity contribution in [3.05, 3.63) is 40.1 Å². The maximum absolute atomic E-state index is 12.8. The van der Waals surface area contributed by atoms with Gasteiger partial charge in [0.25, 0.3) is 0 Å². The molecule has 1 aliphatic rings. The van der Waals surface area contributed by atoms with Crippen LogP contribution in [-0.2, 0) is 0 Å². The summed E-state index contributed by atoms with van der Waals surface area (Å²) in [7, 11) is 3.99. The van der Waals surface area contributed by atoms with Crippen LogP contribution in [0.5, 0.6) is 0 Å². The minimum atomic E-state index is -0.264. The Balaban J connectivity index is 1.71. The highest BCUT2D eigenvalue weighted by molar-refractivity contribution is 6.44. The van der Waals surface area contributed by atoms with Crippen molar-refractivity contribution in [1.82, 2.24) is 25.3 Å². The molecule has 2 heterocycles. The number of rotatable bonds is 4. The molecule has 3 atom stereocenters. The molecule has 8 heteroatoms. The van der Waals surface area contributed by atoms with E-state index in [0.717, 1.165) is 36.2 Å². The third-order valence-corrected chi connectivity index (χ3v) is 6.51. The lowest BCUT2D eigenvalue weighted by molar-refractivity contribution is 0.106. The molecule has 1 aromatic heterocycles. The number of halogens is 2. The molecule has 6 nitrogen and oxygen atoms in total. The predicted octanol–water partition coefficient (Wildman–Crippen LogP) is 4.43. The number of carbonyl (C=O) groups is 1. The van der Waals surface area contributed by atoms with Crippen LogP contribution in [0, 0.1) is 5.92 Å². The monoisotopic (exact) mass is 423 g/mol. The molecule has 1 aromatic carbocycles. The van der Waals surface area contributed by atoms with E-state index in [9.17, 15) is 4.79 Å². The Kier molecular flexibility index (Phi) is 6.53. The second kappa shape index (κ2) is 8.72. The summed E-state index contributed by atoms with van der Waals surface area (Å²) >= 11 is 13.0. The molecular weight excluding hydrogens is 397 g/mol. The zero-order valence-corrected chi connectivity index (χ0v) is 18.2. The highest BCUT2D eigenvalue weighted by Crippen LogP contribution is 2.37. The number of hydrogen-bond acceptors (Lipinski definition) is 3. The summed E-state index contributed by atoms with van der Waals surface area (Å²) in [4.78, 5) is 16.9. The Morgan fingerprint density at radius 1 is 1.39 bits per heavy atom. The molecule has 152 valence electrons. The largest absolute Gasteiger partial charge is 0.331 e. The van der Waals surface area contributed by atoms with Crippen molar-refractivity contribution in [2.75, 3.05) is 27.2 Å². The van der Waals surface area contributed by atoms with Gasteiger partial charge in [-0.25, -0.2) is 4.79 Å². The second-order valence-electron chi connectivity index (χ2n) is 7.69. The zero-order chi connectivity index (χ0) is 20.4. The van der Waals surface area contributed by atoms with Crippen LogP contribution in [0.15, 0.2) is 24.5 Å². The molecule has 3 unspecified atom stereocenters. The fourth-order valence-corrected chi connectivity index (χ4v) is 4.56. The third-order valence-electron chi connectivity index (χ3n) is 5.61. The maximum atomic E-state index is 12.8. The van der Waals surface area contributed by atoms with Crippen molar-refractivity contribution in [2.45, 2.75) is 32.4 Å². The number of amides is 2. The molecule has 2 N–H and O–H groups in total. The summed E-state index contributed by atoms with van der Waals surface area (Å²) in [5.41, 5.74) is 2.46. The minimum absolute atomic E-state index is 0.0972. The first-order valence-electron chi connectivity index (χ1n) is 9.48. The SMILES string of the molecule is CC(NC(=O)N(C)C1CCN(C)CC1C)c1ccc(-c2cn[nH]c2)c(Cl)c1Cl. The van der Waals surface area contributed by atoms with Crippen molar-refractivity contribution < 1.29 is 4.79 Å². The number of piperidine rings is 1. The molecule has 3 rings (SSSR count). The smallest absolute Gasteiger partial charge is 0.317 e. The maximum Gasteiger partial charge on any atom is 0.317 e. The first-order chi connectivity index (χ1) is 13.3. The molecule has 0 saturated carbocycles. The van der Waals surface area contributed by atoms with Crippen LogP contribution < -0.4 is 5.32 Å². The number of aromatic nitrogens is 2. The fourth-order valence-electron chi connectivity index (χ4n) is 3.95. The average molecular weight is 424 g/mol. The Bertz CT molecular complexity index is 826. The van der Waals surface area contributed by atoms with Gasteiger partial charge in [0.2, 0.25) is 0 Å². The molecule has 1 saturated heterocycles. The number of aromatic amines is 1. The van der Waals surface area contributed by atoms with Gasteiger partial charge in [0.15, 0.2) is 0 Å². The standard InChI is InChI=1S/C20H27Cl2N5O/c1-12-11-26(3)8-7-17(12)27(4)20(28)25-13(2)15-5-6-16(19(22)18(15)21)14-9-23-24-10-14/h5-6,9-10,12-13,17H,7-8,11H2,1-4H3,(H,23,24)(H,25,28). The number of H-pyrrole nitrogens is 1. The van der Waals surface area contributed by atoms with Crippen molar-refractivity contribution in [2.24, 2.45) is 5.92 Å². The molecule has 0 bridgehead atoms. The first-order valence-corrected chi connectivity index (χ1v) is 10.2. The van der Waals surface area contributed by atoms with Gasteiger partial charge in [0.1, 0.15) is 0 Å². The number of carbonyl (C=O) groups excluding carboxylic acids is 1. The summed E-state index contributed by atoms with van der Waals surface area (Å²) in [5, 5.41) is 10.7. The van der Waals surface area contributed by atoms with Crippen LogP contribution in [0.1, 0.15) is 31.9 Å².